The van der Waals surface area contributed by atoms with Crippen LogP contribution in [0.5, 0.6) is 17.2 Å². The number of nitro benzene ring substituents is 1. The number of amides is 2. The Balaban J connectivity index is 1.52. The van der Waals surface area contributed by atoms with Gasteiger partial charge in [-0.05, 0) is 35.9 Å². The number of carbonyl (C=O) groups is 2. The number of hydrogen-bond donors (Lipinski definition) is 2. The fourth-order valence-corrected chi connectivity index (χ4v) is 4.38. The van der Waals surface area contributed by atoms with Gasteiger partial charge in [-0.3, -0.25) is 25.0 Å². The van der Waals surface area contributed by atoms with Crippen molar-refractivity contribution in [3.05, 3.63) is 58.2 Å². The van der Waals surface area contributed by atoms with Crippen molar-refractivity contribution < 1.29 is 28.7 Å². The van der Waals surface area contributed by atoms with Crippen molar-refractivity contribution in [2.24, 2.45) is 0 Å². The van der Waals surface area contributed by atoms with Crippen LogP contribution in [-0.4, -0.2) is 54.0 Å². The van der Waals surface area contributed by atoms with Crippen LogP contribution in [0.2, 0.25) is 0 Å². The topological polar surface area (TPSA) is 155 Å². The SMILES string of the molecule is COc1cc(/C=C/C(=O)Nc2nnc(SCC(=O)Nc3ccc([N+](=O)[O-])cc3)s2)cc(OC)c1OC. The maximum Gasteiger partial charge on any atom is 0.269 e. The highest BCUT2D eigenvalue weighted by Gasteiger charge is 2.13. The molecule has 2 aromatic carbocycles. The average molecular weight is 532 g/mol. The Hall–Kier alpha value is -4.17. The first-order valence-electron chi connectivity index (χ1n) is 10.1. The van der Waals surface area contributed by atoms with Gasteiger partial charge in [-0.15, -0.1) is 10.2 Å². The second-order valence-electron chi connectivity index (χ2n) is 6.80. The van der Waals surface area contributed by atoms with Crippen LogP contribution in [0, 0.1) is 10.1 Å². The highest BCUT2D eigenvalue weighted by atomic mass is 32.2. The van der Waals surface area contributed by atoms with Crippen LogP contribution < -0.4 is 24.8 Å². The van der Waals surface area contributed by atoms with Crippen molar-refractivity contribution >= 4 is 57.5 Å². The molecule has 188 valence electrons. The number of benzene rings is 2. The molecule has 0 radical (unpaired) electrons. The van der Waals surface area contributed by atoms with Crippen molar-refractivity contribution in [1.29, 1.82) is 0 Å². The van der Waals surface area contributed by atoms with E-state index in [1.165, 1.54) is 51.7 Å². The molecular formula is C22H21N5O7S2. The lowest BCUT2D eigenvalue weighted by Gasteiger charge is -2.12. The van der Waals surface area contributed by atoms with Gasteiger partial charge in [-0.2, -0.15) is 0 Å². The summed E-state index contributed by atoms with van der Waals surface area (Å²) in [5.74, 6) is 0.665. The van der Waals surface area contributed by atoms with Crippen LogP contribution in [0.4, 0.5) is 16.5 Å². The molecule has 0 fully saturated rings. The second kappa shape index (κ2) is 12.5. The summed E-state index contributed by atoms with van der Waals surface area (Å²) in [7, 11) is 4.51. The van der Waals surface area contributed by atoms with E-state index in [0.29, 0.717) is 32.8 Å². The molecule has 1 heterocycles. The van der Waals surface area contributed by atoms with Gasteiger partial charge in [-0.1, -0.05) is 23.1 Å². The third-order valence-electron chi connectivity index (χ3n) is 4.44. The molecule has 12 nitrogen and oxygen atoms in total. The third kappa shape index (κ3) is 7.16. The number of nitro groups is 1. The molecule has 14 heteroatoms. The number of anilines is 2. The molecule has 36 heavy (non-hydrogen) atoms. The number of carbonyl (C=O) groups excluding carboxylic acids is 2. The number of rotatable bonds is 11. The number of thioether (sulfide) groups is 1. The fraction of sp³-hybridized carbons (Fsp3) is 0.182. The van der Waals surface area contributed by atoms with Gasteiger partial charge in [0.15, 0.2) is 15.8 Å². The summed E-state index contributed by atoms with van der Waals surface area (Å²) in [6.07, 6.45) is 2.91. The predicted molar refractivity (Wildman–Crippen MR) is 136 cm³/mol. The third-order valence-corrected chi connectivity index (χ3v) is 6.41. The fourth-order valence-electron chi connectivity index (χ4n) is 2.83. The molecule has 0 bridgehead atoms. The summed E-state index contributed by atoms with van der Waals surface area (Å²) < 4.78 is 16.4. The minimum atomic E-state index is -0.517. The van der Waals surface area contributed by atoms with Gasteiger partial charge in [0, 0.05) is 23.9 Å². The van der Waals surface area contributed by atoms with Crippen molar-refractivity contribution in [2.45, 2.75) is 4.34 Å². The van der Waals surface area contributed by atoms with Crippen molar-refractivity contribution in [3.63, 3.8) is 0 Å². The van der Waals surface area contributed by atoms with Gasteiger partial charge < -0.3 is 19.5 Å². The zero-order chi connectivity index (χ0) is 26.1. The first-order valence-corrected chi connectivity index (χ1v) is 11.9. The normalized spacial score (nSPS) is 10.6. The summed E-state index contributed by atoms with van der Waals surface area (Å²) in [5.41, 5.74) is 1.03. The van der Waals surface area contributed by atoms with Gasteiger partial charge in [0.05, 0.1) is 32.0 Å². The molecule has 0 aliphatic rings. The molecule has 0 saturated carbocycles. The molecule has 3 rings (SSSR count). The summed E-state index contributed by atoms with van der Waals surface area (Å²) in [6, 6.07) is 8.91. The largest absolute Gasteiger partial charge is 0.493 e. The summed E-state index contributed by atoms with van der Waals surface area (Å²) in [5, 5.41) is 24.1. The Kier molecular flexibility index (Phi) is 9.19. The number of nitrogens with one attached hydrogen (secondary N) is 2. The average Bonchev–Trinajstić information content (AvgIpc) is 3.32. The lowest BCUT2D eigenvalue weighted by Crippen LogP contribution is -2.13. The molecule has 0 atom stereocenters. The molecule has 2 amide bonds. The van der Waals surface area contributed by atoms with Crippen LogP contribution in [-0.2, 0) is 9.59 Å². The summed E-state index contributed by atoms with van der Waals surface area (Å²) in [4.78, 5) is 34.6. The van der Waals surface area contributed by atoms with E-state index in [0.717, 1.165) is 23.1 Å². The highest BCUT2D eigenvalue weighted by molar-refractivity contribution is 8.01. The number of hydrogen-bond acceptors (Lipinski definition) is 11. The van der Waals surface area contributed by atoms with Gasteiger partial charge in [0.1, 0.15) is 0 Å². The van der Waals surface area contributed by atoms with Crippen LogP contribution in [0.25, 0.3) is 6.08 Å². The maximum absolute atomic E-state index is 12.3. The maximum atomic E-state index is 12.3. The van der Waals surface area contributed by atoms with Crippen molar-refractivity contribution in [2.75, 3.05) is 37.7 Å². The molecule has 0 aliphatic heterocycles. The van der Waals surface area contributed by atoms with E-state index in [4.69, 9.17) is 14.2 Å². The van der Waals surface area contributed by atoms with Gasteiger partial charge in [0.25, 0.3) is 5.69 Å². The number of ether oxygens (including phenoxy) is 3. The monoisotopic (exact) mass is 531 g/mol. The van der Waals surface area contributed by atoms with Crippen molar-refractivity contribution in [3.8, 4) is 17.2 Å². The first kappa shape index (κ1) is 26.4. The van der Waals surface area contributed by atoms with Crippen LogP contribution >= 0.6 is 23.1 Å². The number of nitrogens with zero attached hydrogens (tertiary/aromatic N) is 3. The second-order valence-corrected chi connectivity index (χ2v) is 9.00. The van der Waals surface area contributed by atoms with Crippen LogP contribution in [0.3, 0.4) is 0 Å². The summed E-state index contributed by atoms with van der Waals surface area (Å²) in [6.45, 7) is 0. The van der Waals surface area contributed by atoms with E-state index in [2.05, 4.69) is 20.8 Å². The smallest absolute Gasteiger partial charge is 0.269 e. The molecule has 3 aromatic rings. The molecular weight excluding hydrogens is 510 g/mol. The lowest BCUT2D eigenvalue weighted by atomic mass is 10.1. The van der Waals surface area contributed by atoms with E-state index in [9.17, 15) is 19.7 Å². The quantitative estimate of drug-likeness (QED) is 0.122. The first-order chi connectivity index (χ1) is 17.3. The molecule has 0 unspecified atom stereocenters. The Morgan fingerprint density at radius 1 is 1.06 bits per heavy atom. The Morgan fingerprint density at radius 3 is 2.31 bits per heavy atom. The Labute approximate surface area is 213 Å². The van der Waals surface area contributed by atoms with E-state index in [1.54, 1.807) is 18.2 Å². The van der Waals surface area contributed by atoms with Gasteiger partial charge in [0.2, 0.25) is 22.7 Å². The Bertz CT molecular complexity index is 1250. The van der Waals surface area contributed by atoms with E-state index >= 15 is 0 Å². The van der Waals surface area contributed by atoms with Crippen molar-refractivity contribution in [1.82, 2.24) is 10.2 Å². The zero-order valence-electron chi connectivity index (χ0n) is 19.3. The minimum Gasteiger partial charge on any atom is -0.493 e. The van der Waals surface area contributed by atoms with Crippen LogP contribution in [0.1, 0.15) is 5.56 Å². The predicted octanol–water partition coefficient (Wildman–Crippen LogP) is 3.85. The van der Waals surface area contributed by atoms with Crippen LogP contribution in [0.15, 0.2) is 46.8 Å². The minimum absolute atomic E-state index is 0.0423. The summed E-state index contributed by atoms with van der Waals surface area (Å²) >= 11 is 2.26. The Morgan fingerprint density at radius 2 is 1.72 bits per heavy atom. The van der Waals surface area contributed by atoms with Gasteiger partial charge >= 0.3 is 0 Å². The van der Waals surface area contributed by atoms with E-state index in [1.807, 2.05) is 0 Å². The van der Waals surface area contributed by atoms with Gasteiger partial charge in [-0.25, -0.2) is 0 Å². The standard InChI is InChI=1S/C22H21N5O7S2/c1-32-16-10-13(11-17(33-2)20(16)34-3)4-9-18(28)24-21-25-26-22(36-21)35-12-19(29)23-14-5-7-15(8-6-14)27(30)31/h4-11H,12H2,1-3H3,(H,23,29)(H,24,25,28)/b9-4+. The zero-order valence-corrected chi connectivity index (χ0v) is 21.0. The molecule has 1 aromatic heterocycles. The number of non-ortho nitro benzene ring substituents is 1. The molecule has 0 spiro atoms. The number of aromatic nitrogens is 2. The van der Waals surface area contributed by atoms with E-state index in [-0.39, 0.29) is 22.5 Å². The molecule has 0 saturated heterocycles. The highest BCUT2D eigenvalue weighted by Crippen LogP contribution is 2.38. The molecule has 2 N–H and O–H groups in total. The van der Waals surface area contributed by atoms with E-state index < -0.39 is 10.8 Å². The molecule has 0 aliphatic carbocycles. The lowest BCUT2D eigenvalue weighted by molar-refractivity contribution is -0.384. The number of methoxy groups -OCH3 is 3.